The normalized spacial score (nSPS) is 20.2. The maximum Gasteiger partial charge on any atom is 0.0629 e. The fourth-order valence-electron chi connectivity index (χ4n) is 3.16. The highest BCUT2D eigenvalue weighted by molar-refractivity contribution is 9.11. The number of halogens is 2. The molecule has 0 radical (unpaired) electrons. The maximum atomic E-state index is 5.81. The van der Waals surface area contributed by atoms with E-state index in [1.165, 1.54) is 16.7 Å². The first-order valence-electron chi connectivity index (χ1n) is 7.94. The van der Waals surface area contributed by atoms with Crippen molar-refractivity contribution in [2.75, 3.05) is 11.9 Å². The van der Waals surface area contributed by atoms with Crippen molar-refractivity contribution in [1.82, 2.24) is 0 Å². The largest absolute Gasteiger partial charge is 0.382 e. The summed E-state index contributed by atoms with van der Waals surface area (Å²) < 4.78 is 2.14. The van der Waals surface area contributed by atoms with E-state index in [1.54, 1.807) is 0 Å². The fraction of sp³-hybridized carbons (Fsp3) is 0.250. The summed E-state index contributed by atoms with van der Waals surface area (Å²) in [6.07, 6.45) is 2.31. The van der Waals surface area contributed by atoms with Gasteiger partial charge in [0, 0.05) is 32.2 Å². The molecule has 0 amide bonds. The van der Waals surface area contributed by atoms with E-state index in [4.69, 9.17) is 12.2 Å². The first-order valence-corrected chi connectivity index (χ1v) is 9.93. The van der Waals surface area contributed by atoms with Gasteiger partial charge in [-0.25, -0.2) is 0 Å². The summed E-state index contributed by atoms with van der Waals surface area (Å²) in [5.74, 6) is 0.531. The molecule has 0 saturated heterocycles. The van der Waals surface area contributed by atoms with Crippen LogP contribution < -0.4 is 5.32 Å². The van der Waals surface area contributed by atoms with Gasteiger partial charge in [0.1, 0.15) is 0 Å². The Hall–Kier alpha value is -0.970. The molecule has 0 aliphatic heterocycles. The minimum atomic E-state index is 0.248. The second kappa shape index (κ2) is 7.51. The number of rotatable bonds is 4. The van der Waals surface area contributed by atoms with Crippen molar-refractivity contribution in [3.8, 4) is 0 Å². The number of allylic oxidation sites excluding steroid dienone is 1. The van der Waals surface area contributed by atoms with E-state index in [0.29, 0.717) is 0 Å². The predicted molar refractivity (Wildman–Crippen MR) is 114 cm³/mol. The Balaban J connectivity index is 1.75. The summed E-state index contributed by atoms with van der Waals surface area (Å²) in [6, 6.07) is 14.8. The smallest absolute Gasteiger partial charge is 0.0629 e. The topological polar surface area (TPSA) is 12.0 Å². The van der Waals surface area contributed by atoms with Gasteiger partial charge in [0.25, 0.3) is 0 Å². The third kappa shape index (κ3) is 3.66. The minimum Gasteiger partial charge on any atom is -0.382 e. The molecule has 24 heavy (non-hydrogen) atoms. The predicted octanol–water partition coefficient (Wildman–Crippen LogP) is 6.66. The van der Waals surface area contributed by atoms with Crippen LogP contribution in [0.15, 0.2) is 63.1 Å². The molecule has 1 aliphatic rings. The van der Waals surface area contributed by atoms with Crippen molar-refractivity contribution >= 4 is 54.6 Å². The van der Waals surface area contributed by atoms with Gasteiger partial charge in [0.05, 0.1) is 5.69 Å². The molecule has 1 aliphatic carbocycles. The second-order valence-corrected chi connectivity index (χ2v) is 8.42. The van der Waals surface area contributed by atoms with Gasteiger partial charge in [-0.1, -0.05) is 54.2 Å². The Morgan fingerprint density at radius 3 is 2.29 bits per heavy atom. The van der Waals surface area contributed by atoms with Gasteiger partial charge in [-0.05, 0) is 69.0 Å². The van der Waals surface area contributed by atoms with Crippen molar-refractivity contribution in [1.29, 1.82) is 0 Å². The summed E-state index contributed by atoms with van der Waals surface area (Å²) >= 11 is 13.1. The molecule has 0 spiro atoms. The van der Waals surface area contributed by atoms with Crippen LogP contribution in [0, 0.1) is 12.8 Å². The summed E-state index contributed by atoms with van der Waals surface area (Å²) in [7, 11) is 0. The van der Waals surface area contributed by atoms with Gasteiger partial charge < -0.3 is 5.32 Å². The Morgan fingerprint density at radius 2 is 1.67 bits per heavy atom. The molecule has 3 rings (SSSR count). The lowest BCUT2D eigenvalue weighted by molar-refractivity contribution is 0.866. The summed E-state index contributed by atoms with van der Waals surface area (Å²) in [4.78, 5) is 1.10. The van der Waals surface area contributed by atoms with E-state index in [2.05, 4.69) is 93.5 Å². The number of hydrogen-bond acceptors (Lipinski definition) is 2. The van der Waals surface area contributed by atoms with Crippen LogP contribution in [0.25, 0.3) is 0 Å². The van der Waals surface area contributed by atoms with Crippen LogP contribution >= 0.6 is 44.1 Å². The van der Waals surface area contributed by atoms with Gasteiger partial charge in [-0.15, -0.1) is 0 Å². The number of nitrogens with one attached hydrogen (secondary N) is 1. The number of thiocarbonyl (C=S) groups is 1. The molecular weight excluding hydrogens is 446 g/mol. The zero-order valence-electron chi connectivity index (χ0n) is 13.6. The zero-order valence-corrected chi connectivity index (χ0v) is 17.6. The molecule has 2 atom stereocenters. The Morgan fingerprint density at radius 1 is 1.04 bits per heavy atom. The molecule has 2 unspecified atom stereocenters. The lowest BCUT2D eigenvalue weighted by Crippen LogP contribution is -2.22. The van der Waals surface area contributed by atoms with Crippen molar-refractivity contribution < 1.29 is 0 Å². The Labute approximate surface area is 165 Å². The maximum absolute atomic E-state index is 5.81. The van der Waals surface area contributed by atoms with E-state index in [1.807, 2.05) is 6.07 Å². The van der Waals surface area contributed by atoms with Crippen LogP contribution in [0.3, 0.4) is 0 Å². The molecule has 2 aromatic rings. The zero-order chi connectivity index (χ0) is 17.3. The number of anilines is 1. The van der Waals surface area contributed by atoms with E-state index in [-0.39, 0.29) is 11.8 Å². The molecule has 2 aromatic carbocycles. The number of hydrogen-bond donors (Lipinski definition) is 1. The molecule has 4 heteroatoms. The molecule has 0 fully saturated rings. The highest BCUT2D eigenvalue weighted by atomic mass is 79.9. The standard InChI is InChI=1S/C20H19Br2NS/c1-12-8-17(21)19(18(22)9-12)23-11-16-13(2)10-15(20(16)24)14-6-4-3-5-7-14/h3-10,15-16,23H,11H2,1-2H3. The van der Waals surface area contributed by atoms with Crippen LogP contribution in [0.1, 0.15) is 24.0 Å². The van der Waals surface area contributed by atoms with E-state index in [9.17, 15) is 0 Å². The van der Waals surface area contributed by atoms with Crippen LogP contribution in [0.5, 0.6) is 0 Å². The van der Waals surface area contributed by atoms with Crippen LogP contribution in [-0.4, -0.2) is 11.4 Å². The number of benzene rings is 2. The molecule has 124 valence electrons. The quantitative estimate of drug-likeness (QED) is 0.400. The van der Waals surface area contributed by atoms with Crippen molar-refractivity contribution in [3.63, 3.8) is 0 Å². The number of aryl methyl sites for hydroxylation is 1. The summed E-state index contributed by atoms with van der Waals surface area (Å²) in [6.45, 7) is 5.08. The van der Waals surface area contributed by atoms with E-state index < -0.39 is 0 Å². The first kappa shape index (κ1) is 17.8. The molecule has 0 aromatic heterocycles. The molecular formula is C20H19Br2NS. The highest BCUT2D eigenvalue weighted by Crippen LogP contribution is 2.37. The van der Waals surface area contributed by atoms with Gasteiger partial charge in [-0.3, -0.25) is 0 Å². The lowest BCUT2D eigenvalue weighted by Gasteiger charge is -2.19. The molecule has 1 nitrogen and oxygen atoms in total. The van der Waals surface area contributed by atoms with Crippen LogP contribution in [-0.2, 0) is 0 Å². The monoisotopic (exact) mass is 463 g/mol. The Bertz CT molecular complexity index is 776. The minimum absolute atomic E-state index is 0.248. The third-order valence-electron chi connectivity index (χ3n) is 4.46. The van der Waals surface area contributed by atoms with Crippen LogP contribution in [0.2, 0.25) is 0 Å². The van der Waals surface area contributed by atoms with E-state index in [0.717, 1.165) is 26.0 Å². The van der Waals surface area contributed by atoms with E-state index >= 15 is 0 Å². The second-order valence-electron chi connectivity index (χ2n) is 6.24. The van der Waals surface area contributed by atoms with Crippen LogP contribution in [0.4, 0.5) is 5.69 Å². The summed E-state index contributed by atoms with van der Waals surface area (Å²) in [5, 5.41) is 3.56. The molecule has 0 bridgehead atoms. The highest BCUT2D eigenvalue weighted by Gasteiger charge is 2.30. The molecule has 1 N–H and O–H groups in total. The van der Waals surface area contributed by atoms with Gasteiger partial charge in [0.15, 0.2) is 0 Å². The Kier molecular flexibility index (Phi) is 5.58. The average molecular weight is 465 g/mol. The van der Waals surface area contributed by atoms with Gasteiger partial charge >= 0.3 is 0 Å². The van der Waals surface area contributed by atoms with Gasteiger partial charge in [0.2, 0.25) is 0 Å². The SMILES string of the molecule is CC1=CC(c2ccccc2)C(=S)C1CNc1c(Br)cc(C)cc1Br. The van der Waals surface area contributed by atoms with Gasteiger partial charge in [-0.2, -0.15) is 0 Å². The molecule has 0 saturated carbocycles. The average Bonchev–Trinajstić information content (AvgIpc) is 2.82. The lowest BCUT2D eigenvalue weighted by atomic mass is 9.94. The fourth-order valence-corrected chi connectivity index (χ4v) is 5.33. The van der Waals surface area contributed by atoms with Crippen molar-refractivity contribution in [2.45, 2.75) is 19.8 Å². The first-order chi connectivity index (χ1) is 11.5. The van der Waals surface area contributed by atoms with Crippen molar-refractivity contribution in [2.24, 2.45) is 5.92 Å². The summed E-state index contributed by atoms with van der Waals surface area (Å²) in [5.41, 5.74) is 4.93. The molecule has 0 heterocycles. The van der Waals surface area contributed by atoms with Crippen molar-refractivity contribution in [3.05, 3.63) is 74.2 Å². The third-order valence-corrected chi connectivity index (χ3v) is 6.25.